The lowest BCUT2D eigenvalue weighted by atomic mass is 10.0. The van der Waals surface area contributed by atoms with Gasteiger partial charge in [-0.2, -0.15) is 0 Å². The van der Waals surface area contributed by atoms with Gasteiger partial charge in [-0.05, 0) is 61.1 Å². The predicted octanol–water partition coefficient (Wildman–Crippen LogP) is 3.45. The fraction of sp³-hybridized carbons (Fsp3) is 0.409. The minimum Gasteiger partial charge on any atom is -0.325 e. The SMILES string of the molecule is CC(C)c1ccc(CN(C2CC2)[C@@H](C)C(=O)Nc2ccc(S(N)(=O)=O)cc2)cc1. The number of primary sulfonamides is 1. The largest absolute Gasteiger partial charge is 0.325 e. The van der Waals surface area contributed by atoms with Crippen LogP contribution in [-0.2, 0) is 21.4 Å². The zero-order chi connectivity index (χ0) is 21.2. The molecule has 0 aliphatic heterocycles. The van der Waals surface area contributed by atoms with Gasteiger partial charge in [-0.15, -0.1) is 0 Å². The molecule has 1 fully saturated rings. The summed E-state index contributed by atoms with van der Waals surface area (Å²) in [5.41, 5.74) is 3.05. The molecule has 6 nitrogen and oxygen atoms in total. The summed E-state index contributed by atoms with van der Waals surface area (Å²) in [5, 5.41) is 7.99. The summed E-state index contributed by atoms with van der Waals surface area (Å²) in [6.07, 6.45) is 2.20. The Labute approximate surface area is 173 Å². The van der Waals surface area contributed by atoms with Gasteiger partial charge in [0, 0.05) is 18.3 Å². The van der Waals surface area contributed by atoms with Crippen LogP contribution in [0.5, 0.6) is 0 Å². The van der Waals surface area contributed by atoms with E-state index in [1.165, 1.54) is 23.3 Å². The highest BCUT2D eigenvalue weighted by molar-refractivity contribution is 7.89. The number of nitrogens with two attached hydrogens (primary N) is 1. The van der Waals surface area contributed by atoms with Crippen LogP contribution in [0.4, 0.5) is 5.69 Å². The molecule has 1 aliphatic carbocycles. The van der Waals surface area contributed by atoms with Crippen LogP contribution in [0.3, 0.4) is 0 Å². The average molecular weight is 416 g/mol. The highest BCUT2D eigenvalue weighted by Crippen LogP contribution is 2.31. The molecule has 1 amide bonds. The summed E-state index contributed by atoms with van der Waals surface area (Å²) in [5.74, 6) is 0.382. The Kier molecular flexibility index (Phi) is 6.41. The fourth-order valence-electron chi connectivity index (χ4n) is 3.33. The standard InChI is InChI=1S/C22H29N3O3S/c1-15(2)18-6-4-17(5-7-18)14-25(20-10-11-20)16(3)22(26)24-19-8-12-21(13-9-19)29(23,27)28/h4-9,12-13,15-16,20H,10-11,14H2,1-3H3,(H,24,26)(H2,23,27,28)/t16-/m0/s1. The molecule has 0 spiro atoms. The van der Waals surface area contributed by atoms with Gasteiger partial charge < -0.3 is 5.32 Å². The first kappa shape index (κ1) is 21.5. The highest BCUT2D eigenvalue weighted by Gasteiger charge is 2.35. The lowest BCUT2D eigenvalue weighted by molar-refractivity contribution is -0.121. The van der Waals surface area contributed by atoms with Crippen molar-refractivity contribution in [2.24, 2.45) is 5.14 Å². The summed E-state index contributed by atoms with van der Waals surface area (Å²) in [4.78, 5) is 15.1. The van der Waals surface area contributed by atoms with E-state index < -0.39 is 10.0 Å². The first-order valence-electron chi connectivity index (χ1n) is 9.93. The van der Waals surface area contributed by atoms with E-state index in [1.807, 2.05) is 6.92 Å². The van der Waals surface area contributed by atoms with Crippen molar-refractivity contribution < 1.29 is 13.2 Å². The molecular weight excluding hydrogens is 386 g/mol. The monoisotopic (exact) mass is 415 g/mol. The van der Waals surface area contributed by atoms with E-state index in [0.717, 1.165) is 19.4 Å². The molecule has 1 atom stereocenters. The minimum atomic E-state index is -3.74. The number of sulfonamides is 1. The Hall–Kier alpha value is -2.22. The number of benzene rings is 2. The van der Waals surface area contributed by atoms with Crippen molar-refractivity contribution in [3.63, 3.8) is 0 Å². The van der Waals surface area contributed by atoms with Gasteiger partial charge in [0.05, 0.1) is 10.9 Å². The Morgan fingerprint density at radius 2 is 1.66 bits per heavy atom. The van der Waals surface area contributed by atoms with Gasteiger partial charge in [-0.1, -0.05) is 38.1 Å². The van der Waals surface area contributed by atoms with Crippen molar-refractivity contribution >= 4 is 21.6 Å². The molecule has 1 saturated carbocycles. The number of nitrogens with zero attached hydrogens (tertiary/aromatic N) is 1. The second kappa shape index (κ2) is 8.65. The summed E-state index contributed by atoms with van der Waals surface area (Å²) >= 11 is 0. The maximum absolute atomic E-state index is 12.8. The number of hydrogen-bond acceptors (Lipinski definition) is 4. The van der Waals surface area contributed by atoms with Crippen molar-refractivity contribution in [1.82, 2.24) is 4.90 Å². The van der Waals surface area contributed by atoms with E-state index >= 15 is 0 Å². The van der Waals surface area contributed by atoms with Gasteiger partial charge in [-0.25, -0.2) is 13.6 Å². The number of amides is 1. The quantitative estimate of drug-likeness (QED) is 0.691. The Balaban J connectivity index is 1.67. The number of rotatable bonds is 8. The smallest absolute Gasteiger partial charge is 0.241 e. The van der Waals surface area contributed by atoms with E-state index in [4.69, 9.17) is 5.14 Å². The molecule has 0 radical (unpaired) electrons. The predicted molar refractivity (Wildman–Crippen MR) is 115 cm³/mol. The normalized spacial score (nSPS) is 15.5. The second-order valence-electron chi connectivity index (χ2n) is 8.03. The van der Waals surface area contributed by atoms with Gasteiger partial charge in [0.2, 0.25) is 15.9 Å². The van der Waals surface area contributed by atoms with Crippen LogP contribution in [0.15, 0.2) is 53.4 Å². The Bertz CT molecular complexity index is 950. The molecule has 156 valence electrons. The third kappa shape index (κ3) is 5.65. The van der Waals surface area contributed by atoms with Crippen LogP contribution in [-0.4, -0.2) is 31.3 Å². The molecular formula is C22H29N3O3S. The topological polar surface area (TPSA) is 92.5 Å². The van der Waals surface area contributed by atoms with Crippen LogP contribution in [0.1, 0.15) is 50.7 Å². The van der Waals surface area contributed by atoms with E-state index in [-0.39, 0.29) is 16.8 Å². The van der Waals surface area contributed by atoms with Gasteiger partial charge in [0.25, 0.3) is 0 Å². The Morgan fingerprint density at radius 3 is 2.14 bits per heavy atom. The van der Waals surface area contributed by atoms with Crippen molar-refractivity contribution in [1.29, 1.82) is 0 Å². The maximum Gasteiger partial charge on any atom is 0.241 e. The molecule has 0 saturated heterocycles. The minimum absolute atomic E-state index is 0.0213. The van der Waals surface area contributed by atoms with Crippen LogP contribution in [0.25, 0.3) is 0 Å². The number of carbonyl (C=O) groups excluding carboxylic acids is 1. The van der Waals surface area contributed by atoms with E-state index in [1.54, 1.807) is 12.1 Å². The molecule has 3 N–H and O–H groups in total. The van der Waals surface area contributed by atoms with Crippen molar-refractivity contribution in [2.75, 3.05) is 5.32 Å². The lowest BCUT2D eigenvalue weighted by Gasteiger charge is -2.28. The Morgan fingerprint density at radius 1 is 1.07 bits per heavy atom. The van der Waals surface area contributed by atoms with E-state index in [9.17, 15) is 13.2 Å². The third-order valence-electron chi connectivity index (χ3n) is 5.35. The third-order valence-corrected chi connectivity index (χ3v) is 6.28. The van der Waals surface area contributed by atoms with Crippen molar-refractivity contribution in [3.05, 3.63) is 59.7 Å². The van der Waals surface area contributed by atoms with Gasteiger partial charge >= 0.3 is 0 Å². The summed E-state index contributed by atoms with van der Waals surface area (Å²) < 4.78 is 22.7. The van der Waals surface area contributed by atoms with E-state index in [0.29, 0.717) is 17.6 Å². The summed E-state index contributed by atoms with van der Waals surface area (Å²) in [6.45, 7) is 6.98. The van der Waals surface area contributed by atoms with Crippen molar-refractivity contribution in [3.8, 4) is 0 Å². The average Bonchev–Trinajstić information content (AvgIpc) is 3.50. The molecule has 0 heterocycles. The van der Waals surface area contributed by atoms with E-state index in [2.05, 4.69) is 48.3 Å². The van der Waals surface area contributed by atoms with Gasteiger partial charge in [-0.3, -0.25) is 9.69 Å². The van der Waals surface area contributed by atoms with Gasteiger partial charge in [0.1, 0.15) is 0 Å². The second-order valence-corrected chi connectivity index (χ2v) is 9.60. The zero-order valence-electron chi connectivity index (χ0n) is 17.1. The van der Waals surface area contributed by atoms with Crippen molar-refractivity contribution in [2.45, 2.75) is 63.1 Å². The van der Waals surface area contributed by atoms with Crippen LogP contribution < -0.4 is 10.5 Å². The molecule has 0 aromatic heterocycles. The first-order chi connectivity index (χ1) is 13.6. The van der Waals surface area contributed by atoms with Gasteiger partial charge in [0.15, 0.2) is 0 Å². The van der Waals surface area contributed by atoms with Crippen LogP contribution in [0.2, 0.25) is 0 Å². The molecule has 2 aromatic rings. The summed E-state index contributed by atoms with van der Waals surface area (Å²) in [6, 6.07) is 14.6. The molecule has 1 aliphatic rings. The first-order valence-corrected chi connectivity index (χ1v) is 11.5. The molecule has 0 bridgehead atoms. The molecule has 7 heteroatoms. The molecule has 3 rings (SSSR count). The zero-order valence-corrected chi connectivity index (χ0v) is 17.9. The lowest BCUT2D eigenvalue weighted by Crippen LogP contribution is -2.43. The summed E-state index contributed by atoms with van der Waals surface area (Å²) in [7, 11) is -3.74. The number of anilines is 1. The number of hydrogen-bond donors (Lipinski definition) is 2. The highest BCUT2D eigenvalue weighted by atomic mass is 32.2. The van der Waals surface area contributed by atoms with Crippen LogP contribution in [0, 0.1) is 0 Å². The molecule has 2 aromatic carbocycles. The number of nitrogens with one attached hydrogen (secondary N) is 1. The molecule has 29 heavy (non-hydrogen) atoms. The van der Waals surface area contributed by atoms with Crippen LogP contribution >= 0.6 is 0 Å². The maximum atomic E-state index is 12.8. The molecule has 0 unspecified atom stereocenters. The fourth-order valence-corrected chi connectivity index (χ4v) is 3.85. The number of carbonyl (C=O) groups is 1.